The van der Waals surface area contributed by atoms with Crippen LogP contribution in [-0.2, 0) is 28.7 Å². The molecule has 1 heterocycles. The zero-order chi connectivity index (χ0) is 23.3. The largest absolute Gasteiger partial charge is 0.461 e. The van der Waals surface area contributed by atoms with Crippen LogP contribution in [0.4, 0.5) is 13.2 Å². The van der Waals surface area contributed by atoms with Crippen LogP contribution in [0.5, 0.6) is 0 Å². The molecule has 0 unspecified atom stereocenters. The van der Waals surface area contributed by atoms with Gasteiger partial charge in [0.15, 0.2) is 5.82 Å². The first kappa shape index (κ1) is 22.3. The number of benzene rings is 3. The van der Waals surface area contributed by atoms with E-state index in [0.29, 0.717) is 17.9 Å². The van der Waals surface area contributed by atoms with Crippen molar-refractivity contribution in [3.8, 4) is 17.1 Å². The van der Waals surface area contributed by atoms with E-state index in [1.165, 1.54) is 23.1 Å². The fourth-order valence-electron chi connectivity index (χ4n) is 3.20. The van der Waals surface area contributed by atoms with Crippen LogP contribution < -0.4 is 0 Å². The molecule has 1 aromatic heterocycles. The van der Waals surface area contributed by atoms with Crippen LogP contribution in [0.3, 0.4) is 0 Å². The molecule has 3 aromatic carbocycles. The van der Waals surface area contributed by atoms with Gasteiger partial charge in [0.2, 0.25) is 0 Å². The summed E-state index contributed by atoms with van der Waals surface area (Å²) in [6, 6.07) is 21.7. The molecule has 0 aliphatic rings. The van der Waals surface area contributed by atoms with Gasteiger partial charge in [0.05, 0.1) is 11.3 Å². The average Bonchev–Trinajstić information content (AvgIpc) is 3.32. The summed E-state index contributed by atoms with van der Waals surface area (Å²) >= 11 is 0. The highest BCUT2D eigenvalue weighted by molar-refractivity contribution is 5.69. The van der Waals surface area contributed by atoms with Crippen LogP contribution >= 0.6 is 0 Å². The van der Waals surface area contributed by atoms with E-state index in [1.807, 2.05) is 54.6 Å². The van der Waals surface area contributed by atoms with Crippen molar-refractivity contribution in [2.45, 2.75) is 25.6 Å². The summed E-state index contributed by atoms with van der Waals surface area (Å²) in [5.41, 5.74) is 2.44. The van der Waals surface area contributed by atoms with Gasteiger partial charge in [0, 0.05) is 12.0 Å². The van der Waals surface area contributed by atoms with E-state index < -0.39 is 11.7 Å². The SMILES string of the molecule is O=C(CCc1ccc(-c2ncn(-c3ccc(C(F)(F)F)cc3)n2)cc1)OCc1ccccc1. The molecule has 168 valence electrons. The van der Waals surface area contributed by atoms with Gasteiger partial charge >= 0.3 is 12.1 Å². The van der Waals surface area contributed by atoms with Crippen LogP contribution in [0.15, 0.2) is 85.2 Å². The highest BCUT2D eigenvalue weighted by Crippen LogP contribution is 2.29. The maximum atomic E-state index is 12.7. The molecule has 0 atom stereocenters. The standard InChI is InChI=1S/C25H20F3N3O2/c26-25(27,28)21-11-13-22(14-12-21)31-17-29-24(30-31)20-9-6-18(7-10-20)8-15-23(32)33-16-19-4-2-1-3-5-19/h1-7,9-14,17H,8,15-16H2. The molecule has 8 heteroatoms. The number of rotatable bonds is 7. The third kappa shape index (κ3) is 5.85. The van der Waals surface area contributed by atoms with Gasteiger partial charge in [-0.2, -0.15) is 13.2 Å². The van der Waals surface area contributed by atoms with Crippen molar-refractivity contribution in [2.24, 2.45) is 0 Å². The fraction of sp³-hybridized carbons (Fsp3) is 0.160. The summed E-state index contributed by atoms with van der Waals surface area (Å²) < 4.78 is 44.9. The number of aromatic nitrogens is 3. The summed E-state index contributed by atoms with van der Waals surface area (Å²) in [4.78, 5) is 16.2. The van der Waals surface area contributed by atoms with E-state index in [1.54, 1.807) is 0 Å². The van der Waals surface area contributed by atoms with Crippen molar-refractivity contribution in [3.63, 3.8) is 0 Å². The van der Waals surface area contributed by atoms with Gasteiger partial charge in [0.1, 0.15) is 12.9 Å². The van der Waals surface area contributed by atoms with Crippen LogP contribution in [0, 0.1) is 0 Å². The molecule has 0 fully saturated rings. The van der Waals surface area contributed by atoms with E-state index in [4.69, 9.17) is 4.74 Å². The van der Waals surface area contributed by atoms with Gasteiger partial charge < -0.3 is 4.74 Å². The Bertz CT molecular complexity index is 1200. The van der Waals surface area contributed by atoms with Gasteiger partial charge in [0.25, 0.3) is 0 Å². The Morgan fingerprint density at radius 1 is 0.879 bits per heavy atom. The lowest BCUT2D eigenvalue weighted by molar-refractivity contribution is -0.145. The number of aryl methyl sites for hydroxylation is 1. The number of ether oxygens (including phenoxy) is 1. The van der Waals surface area contributed by atoms with Crippen molar-refractivity contribution in [2.75, 3.05) is 0 Å². The number of esters is 1. The van der Waals surface area contributed by atoms with Crippen molar-refractivity contribution >= 4 is 5.97 Å². The maximum Gasteiger partial charge on any atom is 0.416 e. The molecule has 0 spiro atoms. The van der Waals surface area contributed by atoms with Gasteiger partial charge in [-0.1, -0.05) is 54.6 Å². The molecule has 0 aliphatic carbocycles. The number of alkyl halides is 3. The summed E-state index contributed by atoms with van der Waals surface area (Å²) in [7, 11) is 0. The van der Waals surface area contributed by atoms with Crippen LogP contribution in [0.25, 0.3) is 17.1 Å². The zero-order valence-electron chi connectivity index (χ0n) is 17.5. The number of carbonyl (C=O) groups excluding carboxylic acids is 1. The number of nitrogens with zero attached hydrogens (tertiary/aromatic N) is 3. The van der Waals surface area contributed by atoms with Gasteiger partial charge in [-0.15, -0.1) is 5.10 Å². The van der Waals surface area contributed by atoms with Crippen molar-refractivity contribution in [1.82, 2.24) is 14.8 Å². The molecule has 5 nitrogen and oxygen atoms in total. The van der Waals surface area contributed by atoms with E-state index in [-0.39, 0.29) is 19.0 Å². The zero-order valence-corrected chi connectivity index (χ0v) is 17.5. The van der Waals surface area contributed by atoms with Gasteiger partial charge in [-0.3, -0.25) is 4.79 Å². The predicted molar refractivity (Wildman–Crippen MR) is 116 cm³/mol. The van der Waals surface area contributed by atoms with Gasteiger partial charge in [-0.05, 0) is 41.8 Å². The highest BCUT2D eigenvalue weighted by atomic mass is 19.4. The second kappa shape index (κ2) is 9.68. The first-order chi connectivity index (χ1) is 15.9. The van der Waals surface area contributed by atoms with Gasteiger partial charge in [-0.25, -0.2) is 9.67 Å². The fourth-order valence-corrected chi connectivity index (χ4v) is 3.20. The minimum atomic E-state index is -4.38. The molecule has 0 amide bonds. The van der Waals surface area contributed by atoms with E-state index >= 15 is 0 Å². The Morgan fingerprint density at radius 3 is 2.24 bits per heavy atom. The van der Waals surface area contributed by atoms with Crippen molar-refractivity contribution < 1.29 is 22.7 Å². The second-order valence-electron chi connectivity index (χ2n) is 7.40. The monoisotopic (exact) mass is 451 g/mol. The Kier molecular flexibility index (Phi) is 6.53. The van der Waals surface area contributed by atoms with E-state index in [2.05, 4.69) is 10.1 Å². The van der Waals surface area contributed by atoms with Crippen molar-refractivity contribution in [1.29, 1.82) is 0 Å². The number of halogens is 3. The molecule has 4 aromatic rings. The molecule has 0 bridgehead atoms. The molecule has 0 N–H and O–H groups in total. The first-order valence-corrected chi connectivity index (χ1v) is 10.3. The van der Waals surface area contributed by atoms with Crippen LogP contribution in [-0.4, -0.2) is 20.7 Å². The molecular formula is C25H20F3N3O2. The quantitative estimate of drug-likeness (QED) is 0.342. The molecule has 33 heavy (non-hydrogen) atoms. The normalized spacial score (nSPS) is 11.4. The third-order valence-electron chi connectivity index (χ3n) is 5.02. The molecule has 0 saturated heterocycles. The number of hydrogen-bond acceptors (Lipinski definition) is 4. The molecule has 0 saturated carbocycles. The smallest absolute Gasteiger partial charge is 0.416 e. The summed E-state index contributed by atoms with van der Waals surface area (Å²) in [5, 5.41) is 4.35. The third-order valence-corrected chi connectivity index (χ3v) is 5.02. The van der Waals surface area contributed by atoms with Crippen molar-refractivity contribution in [3.05, 3.63) is 102 Å². The Morgan fingerprint density at radius 2 is 1.58 bits per heavy atom. The minimum absolute atomic E-state index is 0.256. The topological polar surface area (TPSA) is 57.0 Å². The first-order valence-electron chi connectivity index (χ1n) is 10.3. The summed E-state index contributed by atoms with van der Waals surface area (Å²) in [5.74, 6) is 0.184. The predicted octanol–water partition coefficient (Wildman–Crippen LogP) is 5.63. The molecule has 0 radical (unpaired) electrons. The molecule has 0 aliphatic heterocycles. The lowest BCUT2D eigenvalue weighted by atomic mass is 10.1. The van der Waals surface area contributed by atoms with E-state index in [9.17, 15) is 18.0 Å². The Hall–Kier alpha value is -3.94. The summed E-state index contributed by atoms with van der Waals surface area (Å²) in [6.07, 6.45) is -2.12. The minimum Gasteiger partial charge on any atom is -0.461 e. The average molecular weight is 451 g/mol. The summed E-state index contributed by atoms with van der Waals surface area (Å²) in [6.45, 7) is 0.256. The molecule has 4 rings (SSSR count). The lowest BCUT2D eigenvalue weighted by Gasteiger charge is -2.07. The van der Waals surface area contributed by atoms with Crippen LogP contribution in [0.1, 0.15) is 23.1 Å². The lowest BCUT2D eigenvalue weighted by Crippen LogP contribution is -2.05. The van der Waals surface area contributed by atoms with E-state index in [0.717, 1.165) is 28.8 Å². The molecular weight excluding hydrogens is 431 g/mol. The van der Waals surface area contributed by atoms with Crippen LogP contribution in [0.2, 0.25) is 0 Å². The second-order valence-corrected chi connectivity index (χ2v) is 7.40. The Balaban J connectivity index is 1.33. The maximum absolute atomic E-state index is 12.7. The Labute approximate surface area is 188 Å². The highest BCUT2D eigenvalue weighted by Gasteiger charge is 2.30. The number of carbonyl (C=O) groups is 1. The number of hydrogen-bond donors (Lipinski definition) is 0.